The Kier molecular flexibility index (Phi) is 3.00. The summed E-state index contributed by atoms with van der Waals surface area (Å²) in [5.41, 5.74) is 1.86. The Morgan fingerprint density at radius 2 is 2.33 bits per heavy atom. The van der Waals surface area contributed by atoms with Crippen LogP contribution in [0.15, 0.2) is 30.1 Å². The first-order valence-corrected chi connectivity index (χ1v) is 3.76. The normalized spacial score (nSPS) is 11.8. The van der Waals surface area contributed by atoms with Gasteiger partial charge in [-0.15, -0.1) is 0 Å². The molecule has 0 heterocycles. The molecule has 1 nitrogen and oxygen atoms in total. The Morgan fingerprint density at radius 3 is 2.92 bits per heavy atom. The van der Waals surface area contributed by atoms with E-state index in [9.17, 15) is 4.39 Å². The number of aliphatic hydroxyl groups excluding tert-OH is 1. The summed E-state index contributed by atoms with van der Waals surface area (Å²) in [7, 11) is 0. The Hall–Kier alpha value is -1.15. The molecule has 0 spiro atoms. The minimum Gasteiger partial charge on any atom is -0.389 e. The molecule has 1 aromatic carbocycles. The fourth-order valence-corrected chi connectivity index (χ4v) is 0.986. The predicted octanol–water partition coefficient (Wildman–Crippen LogP) is 2.30. The van der Waals surface area contributed by atoms with Gasteiger partial charge in [0.2, 0.25) is 0 Å². The lowest BCUT2D eigenvalue weighted by molar-refractivity contribution is 0.300. The van der Waals surface area contributed by atoms with Gasteiger partial charge in [-0.25, -0.2) is 4.39 Å². The third kappa shape index (κ3) is 2.47. The van der Waals surface area contributed by atoms with E-state index < -0.39 is 12.4 Å². The fourth-order valence-electron chi connectivity index (χ4n) is 0.986. The topological polar surface area (TPSA) is 20.2 Å². The first-order valence-electron chi connectivity index (χ1n) is 3.76. The Labute approximate surface area is 71.2 Å². The molecule has 0 saturated heterocycles. The lowest BCUT2D eigenvalue weighted by atomic mass is 10.1. The van der Waals surface area contributed by atoms with Crippen LogP contribution in [0, 0.1) is 6.92 Å². The lowest BCUT2D eigenvalue weighted by Crippen LogP contribution is -1.82. The highest BCUT2D eigenvalue weighted by molar-refractivity contribution is 5.52. The zero-order chi connectivity index (χ0) is 8.97. The Bertz CT molecular complexity index is 292. The number of hydrogen-bond donors (Lipinski definition) is 1. The summed E-state index contributed by atoms with van der Waals surface area (Å²) < 4.78 is 12.6. The van der Waals surface area contributed by atoms with Crippen LogP contribution in [0.3, 0.4) is 0 Å². The van der Waals surface area contributed by atoms with Crippen molar-refractivity contribution in [1.29, 1.82) is 0 Å². The molecule has 0 unspecified atom stereocenters. The van der Waals surface area contributed by atoms with Crippen LogP contribution < -0.4 is 0 Å². The highest BCUT2D eigenvalue weighted by Gasteiger charge is 1.92. The SMILES string of the molecule is Cc1cccc(/C=C(\F)CO)c1. The zero-order valence-corrected chi connectivity index (χ0v) is 6.92. The van der Waals surface area contributed by atoms with Gasteiger partial charge in [-0.2, -0.15) is 0 Å². The average molecular weight is 166 g/mol. The lowest BCUT2D eigenvalue weighted by Gasteiger charge is -1.95. The van der Waals surface area contributed by atoms with E-state index >= 15 is 0 Å². The molecule has 1 N–H and O–H groups in total. The molecule has 0 aliphatic heterocycles. The zero-order valence-electron chi connectivity index (χ0n) is 6.92. The van der Waals surface area contributed by atoms with Gasteiger partial charge in [0.05, 0.1) is 6.61 Å². The molecule has 0 radical (unpaired) electrons. The summed E-state index contributed by atoms with van der Waals surface area (Å²) in [5.74, 6) is -0.513. The number of benzene rings is 1. The summed E-state index contributed by atoms with van der Waals surface area (Å²) in [5, 5.41) is 8.42. The second-order valence-corrected chi connectivity index (χ2v) is 2.66. The van der Waals surface area contributed by atoms with Crippen molar-refractivity contribution in [2.24, 2.45) is 0 Å². The summed E-state index contributed by atoms with van der Waals surface area (Å²) >= 11 is 0. The smallest absolute Gasteiger partial charge is 0.126 e. The molecule has 0 atom stereocenters. The number of aryl methyl sites for hydroxylation is 1. The standard InChI is InChI=1S/C10H11FO/c1-8-3-2-4-9(5-8)6-10(11)7-12/h2-6,12H,7H2,1H3/b10-6-. The van der Waals surface area contributed by atoms with Crippen LogP contribution in [-0.4, -0.2) is 11.7 Å². The van der Waals surface area contributed by atoms with Crippen LogP contribution in [0.4, 0.5) is 4.39 Å². The number of hydrogen-bond acceptors (Lipinski definition) is 1. The molecule has 0 aliphatic carbocycles. The minimum absolute atomic E-state index is 0.513. The van der Waals surface area contributed by atoms with Crippen molar-refractivity contribution in [2.75, 3.05) is 6.61 Å². The fraction of sp³-hybridized carbons (Fsp3) is 0.200. The van der Waals surface area contributed by atoms with Gasteiger partial charge in [0.25, 0.3) is 0 Å². The highest BCUT2D eigenvalue weighted by atomic mass is 19.1. The van der Waals surface area contributed by atoms with E-state index in [1.165, 1.54) is 6.08 Å². The molecule has 0 aromatic heterocycles. The quantitative estimate of drug-likeness (QED) is 0.714. The molecule has 12 heavy (non-hydrogen) atoms. The maximum Gasteiger partial charge on any atom is 0.126 e. The molecular weight excluding hydrogens is 155 g/mol. The molecule has 64 valence electrons. The van der Waals surface area contributed by atoms with Crippen LogP contribution in [0.2, 0.25) is 0 Å². The van der Waals surface area contributed by atoms with Crippen molar-refractivity contribution in [3.8, 4) is 0 Å². The van der Waals surface area contributed by atoms with Crippen molar-refractivity contribution in [3.63, 3.8) is 0 Å². The van der Waals surface area contributed by atoms with Crippen LogP contribution in [0.25, 0.3) is 6.08 Å². The first kappa shape index (κ1) is 8.94. The second kappa shape index (κ2) is 4.02. The third-order valence-corrected chi connectivity index (χ3v) is 1.52. The van der Waals surface area contributed by atoms with Gasteiger partial charge < -0.3 is 5.11 Å². The summed E-state index contributed by atoms with van der Waals surface area (Å²) in [6, 6.07) is 7.44. The minimum atomic E-state index is -0.534. The van der Waals surface area contributed by atoms with Gasteiger partial charge in [0.15, 0.2) is 0 Å². The summed E-state index contributed by atoms with van der Waals surface area (Å²) in [6.45, 7) is 1.40. The van der Waals surface area contributed by atoms with Gasteiger partial charge in [0.1, 0.15) is 5.83 Å². The molecule has 0 amide bonds. The maximum atomic E-state index is 12.6. The van der Waals surface area contributed by atoms with Crippen LogP contribution >= 0.6 is 0 Å². The van der Waals surface area contributed by atoms with Crippen molar-refractivity contribution in [1.82, 2.24) is 0 Å². The van der Waals surface area contributed by atoms with Crippen molar-refractivity contribution in [2.45, 2.75) is 6.92 Å². The Balaban J connectivity index is 2.89. The maximum absolute atomic E-state index is 12.6. The number of halogens is 1. The monoisotopic (exact) mass is 166 g/mol. The van der Waals surface area contributed by atoms with E-state index in [-0.39, 0.29) is 0 Å². The van der Waals surface area contributed by atoms with Crippen LogP contribution in [0.1, 0.15) is 11.1 Å². The van der Waals surface area contributed by atoms with Gasteiger partial charge in [-0.05, 0) is 18.6 Å². The van der Waals surface area contributed by atoms with Gasteiger partial charge in [0, 0.05) is 0 Å². The molecule has 0 aliphatic rings. The van der Waals surface area contributed by atoms with Gasteiger partial charge in [-0.1, -0.05) is 29.8 Å². The predicted molar refractivity (Wildman–Crippen MR) is 47.3 cm³/mol. The van der Waals surface area contributed by atoms with E-state index in [0.717, 1.165) is 11.1 Å². The van der Waals surface area contributed by atoms with E-state index in [2.05, 4.69) is 0 Å². The molecule has 0 bridgehead atoms. The van der Waals surface area contributed by atoms with E-state index in [1.807, 2.05) is 25.1 Å². The average Bonchev–Trinajstić information content (AvgIpc) is 2.04. The van der Waals surface area contributed by atoms with Gasteiger partial charge >= 0.3 is 0 Å². The van der Waals surface area contributed by atoms with E-state index in [4.69, 9.17) is 5.11 Å². The van der Waals surface area contributed by atoms with Crippen molar-refractivity contribution >= 4 is 6.08 Å². The van der Waals surface area contributed by atoms with E-state index in [1.54, 1.807) is 6.07 Å². The molecule has 1 rings (SSSR count). The highest BCUT2D eigenvalue weighted by Crippen LogP contribution is 2.09. The van der Waals surface area contributed by atoms with Gasteiger partial charge in [-0.3, -0.25) is 0 Å². The summed E-state index contributed by atoms with van der Waals surface area (Å²) in [4.78, 5) is 0. The van der Waals surface area contributed by atoms with E-state index in [0.29, 0.717) is 0 Å². The van der Waals surface area contributed by atoms with Crippen LogP contribution in [-0.2, 0) is 0 Å². The van der Waals surface area contributed by atoms with Crippen LogP contribution in [0.5, 0.6) is 0 Å². The van der Waals surface area contributed by atoms with Crippen molar-refractivity contribution in [3.05, 3.63) is 41.2 Å². The van der Waals surface area contributed by atoms with Crippen molar-refractivity contribution < 1.29 is 9.50 Å². The molecular formula is C10H11FO. The largest absolute Gasteiger partial charge is 0.389 e. The Morgan fingerprint density at radius 1 is 1.58 bits per heavy atom. The summed E-state index contributed by atoms with van der Waals surface area (Å²) in [6.07, 6.45) is 1.33. The molecule has 2 heteroatoms. The number of aliphatic hydroxyl groups is 1. The molecule has 1 aromatic rings. The third-order valence-electron chi connectivity index (χ3n) is 1.52. The molecule has 0 fully saturated rings. The molecule has 0 saturated carbocycles. The number of rotatable bonds is 2. The second-order valence-electron chi connectivity index (χ2n) is 2.66. The first-order chi connectivity index (χ1) is 5.72.